The number of rotatable bonds is 6. The summed E-state index contributed by atoms with van der Waals surface area (Å²) in [5.41, 5.74) is 12.8. The van der Waals surface area contributed by atoms with Crippen molar-refractivity contribution < 1.29 is 0 Å². The number of para-hydroxylation sites is 2. The molecule has 9 aromatic rings. The minimum Gasteiger partial charge on any atom is -0.309 e. The SMILES string of the molecule is c1ccc(-c2ccc(-c3cc(-c4cccc(-n5c6ccccc6c6ccccc65)c4)nc(-c4ccc(-c5ccncc5)cc4)n3)cc2)cc1. The Morgan fingerprint density at radius 3 is 1.49 bits per heavy atom. The molecule has 230 valence electrons. The molecule has 0 saturated heterocycles. The Kier molecular flexibility index (Phi) is 7.10. The molecule has 0 aliphatic carbocycles. The highest BCUT2D eigenvalue weighted by molar-refractivity contribution is 6.09. The second-order valence-corrected chi connectivity index (χ2v) is 12.1. The van der Waals surface area contributed by atoms with Gasteiger partial charge in [-0.3, -0.25) is 4.98 Å². The lowest BCUT2D eigenvalue weighted by atomic mass is 10.0. The Morgan fingerprint density at radius 1 is 0.347 bits per heavy atom. The number of hydrogen-bond acceptors (Lipinski definition) is 3. The van der Waals surface area contributed by atoms with Crippen molar-refractivity contribution in [2.45, 2.75) is 0 Å². The number of pyridine rings is 1. The van der Waals surface area contributed by atoms with Gasteiger partial charge in [-0.25, -0.2) is 9.97 Å². The number of aromatic nitrogens is 4. The van der Waals surface area contributed by atoms with Crippen LogP contribution in [0.15, 0.2) is 182 Å². The molecule has 49 heavy (non-hydrogen) atoms. The summed E-state index contributed by atoms with van der Waals surface area (Å²) in [5, 5.41) is 2.48. The summed E-state index contributed by atoms with van der Waals surface area (Å²) in [6, 6.07) is 59.6. The zero-order valence-corrected chi connectivity index (χ0v) is 26.6. The summed E-state index contributed by atoms with van der Waals surface area (Å²) in [4.78, 5) is 14.5. The Hall–Kier alpha value is -6.65. The van der Waals surface area contributed by atoms with Gasteiger partial charge in [0.15, 0.2) is 5.82 Å². The van der Waals surface area contributed by atoms with Crippen LogP contribution < -0.4 is 0 Å². The predicted octanol–water partition coefficient (Wildman–Crippen LogP) is 11.3. The lowest BCUT2D eigenvalue weighted by Crippen LogP contribution is -1.98. The van der Waals surface area contributed by atoms with Gasteiger partial charge in [-0.1, -0.05) is 127 Å². The summed E-state index contributed by atoms with van der Waals surface area (Å²) < 4.78 is 2.34. The van der Waals surface area contributed by atoms with E-state index in [2.05, 4.69) is 161 Å². The lowest BCUT2D eigenvalue weighted by molar-refractivity contribution is 1.16. The number of nitrogens with zero attached hydrogens (tertiary/aromatic N) is 4. The molecule has 0 N–H and O–H groups in total. The highest BCUT2D eigenvalue weighted by Crippen LogP contribution is 2.35. The molecule has 0 radical (unpaired) electrons. The first-order valence-electron chi connectivity index (χ1n) is 16.4. The molecule has 0 aliphatic rings. The molecule has 6 aromatic carbocycles. The van der Waals surface area contributed by atoms with Crippen LogP contribution in [-0.4, -0.2) is 19.5 Å². The van der Waals surface area contributed by atoms with E-state index in [1.807, 2.05) is 30.6 Å². The molecule has 3 aromatic heterocycles. The Morgan fingerprint density at radius 2 is 0.837 bits per heavy atom. The predicted molar refractivity (Wildman–Crippen MR) is 201 cm³/mol. The van der Waals surface area contributed by atoms with Gasteiger partial charge in [0.25, 0.3) is 0 Å². The van der Waals surface area contributed by atoms with Crippen LogP contribution in [0.4, 0.5) is 0 Å². The van der Waals surface area contributed by atoms with E-state index >= 15 is 0 Å². The van der Waals surface area contributed by atoms with Crippen molar-refractivity contribution in [2.24, 2.45) is 0 Å². The molecule has 4 nitrogen and oxygen atoms in total. The third kappa shape index (κ3) is 5.35. The highest BCUT2D eigenvalue weighted by atomic mass is 15.0. The number of hydrogen-bond donors (Lipinski definition) is 0. The fraction of sp³-hybridized carbons (Fsp3) is 0. The number of fused-ring (bicyclic) bond motifs is 3. The van der Waals surface area contributed by atoms with E-state index in [1.165, 1.54) is 32.9 Å². The van der Waals surface area contributed by atoms with E-state index < -0.39 is 0 Å². The topological polar surface area (TPSA) is 43.6 Å². The minimum absolute atomic E-state index is 0.684. The molecule has 0 unspecified atom stereocenters. The van der Waals surface area contributed by atoms with Crippen molar-refractivity contribution in [1.82, 2.24) is 19.5 Å². The van der Waals surface area contributed by atoms with E-state index in [1.54, 1.807) is 0 Å². The minimum atomic E-state index is 0.684. The molecular weight excluding hydrogens is 597 g/mol. The van der Waals surface area contributed by atoms with Crippen molar-refractivity contribution in [3.8, 4) is 61.8 Å². The van der Waals surface area contributed by atoms with Gasteiger partial charge in [-0.2, -0.15) is 0 Å². The molecule has 0 fully saturated rings. The molecular formula is C45H30N4. The van der Waals surface area contributed by atoms with E-state index in [0.29, 0.717) is 5.82 Å². The first kappa shape index (κ1) is 28.6. The average Bonchev–Trinajstić information content (AvgIpc) is 3.53. The molecule has 0 saturated carbocycles. The van der Waals surface area contributed by atoms with Gasteiger partial charge in [-0.15, -0.1) is 0 Å². The third-order valence-corrected chi connectivity index (χ3v) is 9.15. The van der Waals surface area contributed by atoms with Gasteiger partial charge < -0.3 is 4.57 Å². The quantitative estimate of drug-likeness (QED) is 0.184. The van der Waals surface area contributed by atoms with Gasteiger partial charge in [-0.05, 0) is 64.7 Å². The maximum Gasteiger partial charge on any atom is 0.160 e. The largest absolute Gasteiger partial charge is 0.309 e. The molecule has 9 rings (SSSR count). The van der Waals surface area contributed by atoms with Crippen LogP contribution in [0.1, 0.15) is 0 Å². The Bertz CT molecular complexity index is 2420. The maximum absolute atomic E-state index is 5.18. The molecule has 0 atom stereocenters. The zero-order chi connectivity index (χ0) is 32.6. The van der Waals surface area contributed by atoms with Crippen LogP contribution in [0.5, 0.6) is 0 Å². The van der Waals surface area contributed by atoms with Crippen molar-refractivity contribution in [2.75, 3.05) is 0 Å². The summed E-state index contributed by atoms with van der Waals surface area (Å²) in [5.74, 6) is 0.684. The maximum atomic E-state index is 5.18. The van der Waals surface area contributed by atoms with Crippen LogP contribution in [0, 0.1) is 0 Å². The van der Waals surface area contributed by atoms with Crippen LogP contribution in [0.3, 0.4) is 0 Å². The van der Waals surface area contributed by atoms with Gasteiger partial charge >= 0.3 is 0 Å². The summed E-state index contributed by atoms with van der Waals surface area (Å²) in [6.45, 7) is 0. The van der Waals surface area contributed by atoms with Crippen LogP contribution in [-0.2, 0) is 0 Å². The summed E-state index contributed by atoms with van der Waals surface area (Å²) >= 11 is 0. The first-order chi connectivity index (χ1) is 24.3. The molecule has 0 bridgehead atoms. The van der Waals surface area contributed by atoms with Gasteiger partial charge in [0.1, 0.15) is 0 Å². The number of benzene rings is 6. The van der Waals surface area contributed by atoms with Crippen LogP contribution >= 0.6 is 0 Å². The standard InChI is InChI=1S/C45H30N4/c1-2-9-31(10-3-1)32-17-21-35(22-18-32)41-30-42(48-45(47-41)36-23-19-33(20-24-36)34-25-27-46-28-26-34)37-11-8-12-38(29-37)49-43-15-6-4-13-39(43)40-14-5-7-16-44(40)49/h1-30H. The van der Waals surface area contributed by atoms with E-state index in [-0.39, 0.29) is 0 Å². The fourth-order valence-electron chi connectivity index (χ4n) is 6.70. The first-order valence-corrected chi connectivity index (χ1v) is 16.4. The average molecular weight is 627 g/mol. The Labute approximate surface area is 284 Å². The normalized spacial score (nSPS) is 11.3. The van der Waals surface area contributed by atoms with Gasteiger partial charge in [0.05, 0.1) is 22.4 Å². The van der Waals surface area contributed by atoms with E-state index in [9.17, 15) is 0 Å². The second kappa shape index (κ2) is 12.2. The van der Waals surface area contributed by atoms with Gasteiger partial charge in [0, 0.05) is 45.5 Å². The van der Waals surface area contributed by atoms with E-state index in [4.69, 9.17) is 9.97 Å². The smallest absolute Gasteiger partial charge is 0.160 e. The second-order valence-electron chi connectivity index (χ2n) is 12.1. The molecule has 0 amide bonds. The molecule has 0 aliphatic heterocycles. The van der Waals surface area contributed by atoms with Crippen molar-refractivity contribution in [1.29, 1.82) is 0 Å². The van der Waals surface area contributed by atoms with Crippen LogP contribution in [0.2, 0.25) is 0 Å². The monoisotopic (exact) mass is 626 g/mol. The lowest BCUT2D eigenvalue weighted by Gasteiger charge is -2.13. The van der Waals surface area contributed by atoms with Gasteiger partial charge in [0.2, 0.25) is 0 Å². The van der Waals surface area contributed by atoms with Crippen molar-refractivity contribution in [3.63, 3.8) is 0 Å². The van der Waals surface area contributed by atoms with E-state index in [0.717, 1.165) is 44.9 Å². The molecule has 3 heterocycles. The summed E-state index contributed by atoms with van der Waals surface area (Å²) in [7, 11) is 0. The zero-order valence-electron chi connectivity index (χ0n) is 26.6. The third-order valence-electron chi connectivity index (χ3n) is 9.15. The molecule has 4 heteroatoms. The van der Waals surface area contributed by atoms with Crippen molar-refractivity contribution in [3.05, 3.63) is 182 Å². The fourth-order valence-corrected chi connectivity index (χ4v) is 6.70. The highest BCUT2D eigenvalue weighted by Gasteiger charge is 2.15. The van der Waals surface area contributed by atoms with Crippen molar-refractivity contribution >= 4 is 21.8 Å². The van der Waals surface area contributed by atoms with Crippen LogP contribution in [0.25, 0.3) is 83.6 Å². The molecule has 0 spiro atoms. The Balaban J connectivity index is 1.18. The summed E-state index contributed by atoms with van der Waals surface area (Å²) in [6.07, 6.45) is 3.64.